The molecule has 10 nitrogen and oxygen atoms in total. The van der Waals surface area contributed by atoms with Gasteiger partial charge in [-0.15, -0.1) is 11.6 Å². The molecule has 4 atom stereocenters. The van der Waals surface area contributed by atoms with Gasteiger partial charge in [0.25, 0.3) is 5.56 Å². The van der Waals surface area contributed by atoms with E-state index in [1.165, 1.54) is 16.8 Å². The molecule has 2 aliphatic heterocycles. The maximum atomic E-state index is 12.8. The summed E-state index contributed by atoms with van der Waals surface area (Å²) in [6.45, 7) is 17.7. The van der Waals surface area contributed by atoms with Crippen LogP contribution >= 0.6 is 11.6 Å². The van der Waals surface area contributed by atoms with E-state index >= 15 is 0 Å². The van der Waals surface area contributed by atoms with Crippen molar-refractivity contribution >= 4 is 28.7 Å². The first-order valence-corrected chi connectivity index (χ1v) is 17.6. The van der Waals surface area contributed by atoms with E-state index in [0.717, 1.165) is 0 Å². The molecule has 37 heavy (non-hydrogen) atoms. The highest BCUT2D eigenvalue weighted by Gasteiger charge is 2.62. The summed E-state index contributed by atoms with van der Waals surface area (Å²) in [5.41, 5.74) is -0.482. The van der Waals surface area contributed by atoms with Gasteiger partial charge in [-0.3, -0.25) is 14.3 Å². The van der Waals surface area contributed by atoms with Crippen LogP contribution in [0.4, 0.5) is 0 Å². The Balaban J connectivity index is 2.10. The van der Waals surface area contributed by atoms with Crippen molar-refractivity contribution in [1.29, 1.82) is 0 Å². The van der Waals surface area contributed by atoms with Gasteiger partial charge in [-0.1, -0.05) is 55.4 Å². The second-order valence-corrected chi connectivity index (χ2v) is 20.2. The molecule has 0 amide bonds. The Morgan fingerprint density at radius 2 is 1.68 bits per heavy atom. The van der Waals surface area contributed by atoms with E-state index in [-0.39, 0.29) is 35.6 Å². The lowest BCUT2D eigenvalue weighted by Gasteiger charge is -2.51. The number of halogens is 1. The predicted octanol–water partition coefficient (Wildman–Crippen LogP) is 3.99. The van der Waals surface area contributed by atoms with Crippen LogP contribution in [0.15, 0.2) is 21.9 Å². The number of H-pyrrole nitrogens is 1. The normalized spacial score (nSPS) is 27.6. The minimum atomic E-state index is -2.95. The molecule has 2 fully saturated rings. The molecule has 2 saturated heterocycles. The van der Waals surface area contributed by atoms with E-state index in [0.29, 0.717) is 12.5 Å². The summed E-state index contributed by atoms with van der Waals surface area (Å²) in [6, 6.07) is 1.28. The molecule has 1 N–H and O–H groups in total. The number of aromatic amines is 1. The summed E-state index contributed by atoms with van der Waals surface area (Å²) in [6.07, 6.45) is -1.26. The van der Waals surface area contributed by atoms with Gasteiger partial charge in [0.2, 0.25) is 0 Å². The quantitative estimate of drug-likeness (QED) is 0.192. The third-order valence-corrected chi connectivity index (χ3v) is 17.7. The molecule has 3 heterocycles. The molecule has 0 bridgehead atoms. The summed E-state index contributed by atoms with van der Waals surface area (Å²) in [5, 5.41) is 0. The van der Waals surface area contributed by atoms with Crippen molar-refractivity contribution in [3.8, 4) is 0 Å². The number of ether oxygens (including phenoxy) is 3. The van der Waals surface area contributed by atoms with Gasteiger partial charge in [0.1, 0.15) is 25.1 Å². The molecule has 0 aromatic carbocycles. The van der Waals surface area contributed by atoms with Gasteiger partial charge in [0.15, 0.2) is 6.23 Å². The molecule has 13 heteroatoms. The summed E-state index contributed by atoms with van der Waals surface area (Å²) < 4.78 is 40.6. The van der Waals surface area contributed by atoms with Crippen molar-refractivity contribution in [2.75, 3.05) is 25.9 Å². The van der Waals surface area contributed by atoms with Gasteiger partial charge in [-0.2, -0.15) is 0 Å². The first kappa shape index (κ1) is 30.7. The molecular weight excluding hydrogens is 536 g/mol. The standard InChI is InChI=1S/C24H43ClN2O8Si2/c1-15(2)36(16(3)4)32-13-19-21(34-37(35-36,17(5)6)18(7)8)22(31-14-30-12-10-25)23(33-19)27-11-9-20(28)26-24(27)29/h9,11,15-19,21-23H,10,12-14H2,1-8H3,(H,26,28,29)/t19-,21-,22-,23-/m1/s1. The summed E-state index contributed by atoms with van der Waals surface area (Å²) in [5.74, 6) is 0.325. The lowest BCUT2D eigenvalue weighted by molar-refractivity contribution is -0.137. The van der Waals surface area contributed by atoms with Crippen molar-refractivity contribution in [3.63, 3.8) is 0 Å². The third kappa shape index (κ3) is 6.17. The van der Waals surface area contributed by atoms with Crippen LogP contribution in [0.3, 0.4) is 0 Å². The largest absolute Gasteiger partial charge is 0.414 e. The van der Waals surface area contributed by atoms with Crippen LogP contribution < -0.4 is 11.2 Å². The third-order valence-electron chi connectivity index (χ3n) is 7.31. The van der Waals surface area contributed by atoms with E-state index in [1.807, 2.05) is 0 Å². The van der Waals surface area contributed by atoms with Crippen molar-refractivity contribution in [1.82, 2.24) is 9.55 Å². The lowest BCUT2D eigenvalue weighted by atomic mass is 10.1. The van der Waals surface area contributed by atoms with E-state index in [1.54, 1.807) is 0 Å². The van der Waals surface area contributed by atoms with Crippen molar-refractivity contribution in [3.05, 3.63) is 33.1 Å². The molecule has 3 rings (SSSR count). The number of rotatable bonds is 10. The number of nitrogens with zero attached hydrogens (tertiary/aromatic N) is 1. The maximum Gasteiger partial charge on any atom is 0.335 e. The Kier molecular flexibility index (Phi) is 10.4. The molecular formula is C24H43ClN2O8Si2. The molecule has 0 radical (unpaired) electrons. The summed E-state index contributed by atoms with van der Waals surface area (Å²) in [4.78, 5) is 26.8. The lowest BCUT2D eigenvalue weighted by Crippen LogP contribution is -2.66. The highest BCUT2D eigenvalue weighted by molar-refractivity contribution is 6.84. The molecule has 0 saturated carbocycles. The summed E-state index contributed by atoms with van der Waals surface area (Å²) in [7, 11) is -5.70. The SMILES string of the molecule is CC(C)[Si]1(C(C)C)OC[C@H]2O[C@@H](n3ccc(=O)[nH]c3=O)[C@H](OCOCCCl)[C@@H]2O[Si](C(C)C)(C(C)C)O1. The van der Waals surface area contributed by atoms with Crippen LogP contribution in [0, 0.1) is 0 Å². The predicted molar refractivity (Wildman–Crippen MR) is 145 cm³/mol. The van der Waals surface area contributed by atoms with Gasteiger partial charge in [-0.25, -0.2) is 4.79 Å². The minimum Gasteiger partial charge on any atom is -0.414 e. The van der Waals surface area contributed by atoms with E-state index in [9.17, 15) is 9.59 Å². The van der Waals surface area contributed by atoms with Crippen LogP contribution in [0.25, 0.3) is 0 Å². The van der Waals surface area contributed by atoms with Crippen molar-refractivity contribution in [2.24, 2.45) is 0 Å². The number of alkyl halides is 1. The van der Waals surface area contributed by atoms with Crippen molar-refractivity contribution < 1.29 is 27.2 Å². The van der Waals surface area contributed by atoms with Crippen LogP contribution in [0.1, 0.15) is 61.6 Å². The first-order valence-electron chi connectivity index (χ1n) is 13.1. The minimum absolute atomic E-state index is 0.0573. The fourth-order valence-corrected chi connectivity index (χ4v) is 16.7. The fourth-order valence-electron chi connectivity index (χ4n) is 5.39. The molecule has 1 aromatic heterocycles. The first-order chi connectivity index (χ1) is 17.4. The zero-order chi connectivity index (χ0) is 27.5. The number of hydrogen-bond acceptors (Lipinski definition) is 8. The Morgan fingerprint density at radius 3 is 2.22 bits per heavy atom. The Hall–Kier alpha value is -0.836. The second-order valence-electron chi connectivity index (χ2n) is 11.0. The van der Waals surface area contributed by atoms with E-state index in [2.05, 4.69) is 60.4 Å². The second kappa shape index (κ2) is 12.6. The van der Waals surface area contributed by atoms with Crippen LogP contribution in [0.2, 0.25) is 22.2 Å². The molecule has 0 aliphatic carbocycles. The Bertz CT molecular complexity index is 985. The number of fused-ring (bicyclic) bond motifs is 1. The molecule has 0 spiro atoms. The van der Waals surface area contributed by atoms with E-state index < -0.39 is 52.9 Å². The molecule has 0 unspecified atom stereocenters. The van der Waals surface area contributed by atoms with Crippen LogP contribution in [-0.2, 0) is 27.2 Å². The molecule has 212 valence electrons. The van der Waals surface area contributed by atoms with Gasteiger partial charge in [0, 0.05) is 18.1 Å². The molecule has 2 aliphatic rings. The van der Waals surface area contributed by atoms with E-state index in [4.69, 9.17) is 38.8 Å². The zero-order valence-corrected chi connectivity index (χ0v) is 25.9. The Labute approximate surface area is 226 Å². The average molecular weight is 579 g/mol. The number of hydrogen-bond donors (Lipinski definition) is 1. The molecule has 1 aromatic rings. The maximum absolute atomic E-state index is 12.8. The summed E-state index contributed by atoms with van der Waals surface area (Å²) >= 11 is 5.76. The topological polar surface area (TPSA) is 110 Å². The number of nitrogens with one attached hydrogen (secondary N) is 1. The fraction of sp³-hybridized carbons (Fsp3) is 0.833. The van der Waals surface area contributed by atoms with Gasteiger partial charge in [-0.05, 0) is 22.2 Å². The van der Waals surface area contributed by atoms with Gasteiger partial charge >= 0.3 is 22.8 Å². The van der Waals surface area contributed by atoms with Crippen LogP contribution in [0.5, 0.6) is 0 Å². The van der Waals surface area contributed by atoms with Crippen LogP contribution in [-0.4, -0.2) is 70.9 Å². The van der Waals surface area contributed by atoms with Crippen molar-refractivity contribution in [2.45, 2.75) is 102 Å². The highest BCUT2D eigenvalue weighted by Crippen LogP contribution is 2.48. The average Bonchev–Trinajstić information content (AvgIpc) is 3.12. The van der Waals surface area contributed by atoms with Gasteiger partial charge < -0.3 is 27.2 Å². The highest BCUT2D eigenvalue weighted by atomic mass is 35.5. The van der Waals surface area contributed by atoms with Gasteiger partial charge in [0.05, 0.1) is 13.2 Å². The number of aromatic nitrogens is 2. The smallest absolute Gasteiger partial charge is 0.335 e. The zero-order valence-electron chi connectivity index (χ0n) is 23.2. The monoisotopic (exact) mass is 578 g/mol. The Morgan fingerprint density at radius 1 is 1.05 bits per heavy atom.